The topological polar surface area (TPSA) is 32.3 Å². The summed E-state index contributed by atoms with van der Waals surface area (Å²) in [7, 11) is 0. The molecule has 0 bridgehead atoms. The van der Waals surface area contributed by atoms with Crippen LogP contribution in [0.2, 0.25) is 0 Å². The SMILES string of the molecule is CCC(C)NC(C)C(O)c1ccc(SC(C)C)cc1. The summed E-state index contributed by atoms with van der Waals surface area (Å²) in [6.07, 6.45) is 0.619. The van der Waals surface area contributed by atoms with E-state index in [-0.39, 0.29) is 6.04 Å². The van der Waals surface area contributed by atoms with E-state index in [0.717, 1.165) is 12.0 Å². The summed E-state index contributed by atoms with van der Waals surface area (Å²) in [4.78, 5) is 1.26. The molecule has 2 N–H and O–H groups in total. The van der Waals surface area contributed by atoms with Gasteiger partial charge in [-0.05, 0) is 38.0 Å². The summed E-state index contributed by atoms with van der Waals surface area (Å²) in [5.41, 5.74) is 0.983. The summed E-state index contributed by atoms with van der Waals surface area (Å²) < 4.78 is 0. The van der Waals surface area contributed by atoms with Crippen LogP contribution in [-0.2, 0) is 0 Å². The predicted octanol–water partition coefficient (Wildman–Crippen LogP) is 4.00. The number of nitrogens with one attached hydrogen (secondary N) is 1. The summed E-state index contributed by atoms with van der Waals surface area (Å²) >= 11 is 1.84. The van der Waals surface area contributed by atoms with Gasteiger partial charge in [-0.2, -0.15) is 0 Å². The van der Waals surface area contributed by atoms with E-state index < -0.39 is 6.10 Å². The van der Waals surface area contributed by atoms with Crippen LogP contribution < -0.4 is 5.32 Å². The Hall–Kier alpha value is -0.510. The van der Waals surface area contributed by atoms with Crippen LogP contribution in [0.1, 0.15) is 52.7 Å². The standard InChI is InChI=1S/C16H27NOS/c1-6-12(4)17-13(5)16(18)14-7-9-15(10-8-14)19-11(2)3/h7-13,16-18H,6H2,1-5H3. The number of benzene rings is 1. The molecule has 0 amide bonds. The van der Waals surface area contributed by atoms with Gasteiger partial charge in [-0.1, -0.05) is 32.9 Å². The molecule has 0 heterocycles. The van der Waals surface area contributed by atoms with Gasteiger partial charge in [0.2, 0.25) is 0 Å². The van der Waals surface area contributed by atoms with Gasteiger partial charge >= 0.3 is 0 Å². The molecule has 0 fully saturated rings. The van der Waals surface area contributed by atoms with Gasteiger partial charge in [-0.15, -0.1) is 11.8 Å². The number of aliphatic hydroxyl groups is 1. The van der Waals surface area contributed by atoms with Crippen LogP contribution in [0.5, 0.6) is 0 Å². The second-order valence-electron chi connectivity index (χ2n) is 5.45. The Labute approximate surface area is 122 Å². The molecular weight excluding hydrogens is 254 g/mol. The molecule has 0 radical (unpaired) electrons. The zero-order valence-electron chi connectivity index (χ0n) is 12.7. The minimum Gasteiger partial charge on any atom is -0.387 e. The Bertz CT molecular complexity index is 364. The van der Waals surface area contributed by atoms with Crippen LogP contribution in [0.25, 0.3) is 0 Å². The Morgan fingerprint density at radius 2 is 1.68 bits per heavy atom. The molecule has 0 saturated heterocycles. The van der Waals surface area contributed by atoms with Crippen molar-refractivity contribution in [2.45, 2.75) is 69.4 Å². The van der Waals surface area contributed by atoms with Crippen LogP contribution in [0.4, 0.5) is 0 Å². The van der Waals surface area contributed by atoms with Crippen LogP contribution in [0, 0.1) is 0 Å². The second-order valence-corrected chi connectivity index (χ2v) is 7.10. The van der Waals surface area contributed by atoms with E-state index in [9.17, 15) is 5.11 Å². The summed E-state index contributed by atoms with van der Waals surface area (Å²) in [6.45, 7) is 10.7. The van der Waals surface area contributed by atoms with Gasteiger partial charge in [0, 0.05) is 22.2 Å². The van der Waals surface area contributed by atoms with Crippen LogP contribution in [-0.4, -0.2) is 22.4 Å². The van der Waals surface area contributed by atoms with Gasteiger partial charge in [-0.25, -0.2) is 0 Å². The molecule has 2 nitrogen and oxygen atoms in total. The monoisotopic (exact) mass is 281 g/mol. The molecule has 0 aliphatic heterocycles. The zero-order chi connectivity index (χ0) is 14.4. The Morgan fingerprint density at radius 3 is 2.16 bits per heavy atom. The number of thioether (sulfide) groups is 1. The third-order valence-corrected chi connectivity index (χ3v) is 4.24. The third-order valence-electron chi connectivity index (χ3n) is 3.23. The van der Waals surface area contributed by atoms with Gasteiger partial charge in [0.15, 0.2) is 0 Å². The van der Waals surface area contributed by atoms with Gasteiger partial charge in [0.25, 0.3) is 0 Å². The van der Waals surface area contributed by atoms with E-state index in [4.69, 9.17) is 0 Å². The first-order chi connectivity index (χ1) is 8.93. The van der Waals surface area contributed by atoms with Gasteiger partial charge in [-0.3, -0.25) is 0 Å². The van der Waals surface area contributed by atoms with Crippen LogP contribution >= 0.6 is 11.8 Å². The molecule has 1 rings (SSSR count). The van der Waals surface area contributed by atoms with Crippen LogP contribution in [0.15, 0.2) is 29.2 Å². The van der Waals surface area contributed by atoms with Crippen molar-refractivity contribution in [2.24, 2.45) is 0 Å². The van der Waals surface area contributed by atoms with E-state index in [1.807, 2.05) is 30.8 Å². The van der Waals surface area contributed by atoms with Crippen molar-refractivity contribution in [1.29, 1.82) is 0 Å². The highest BCUT2D eigenvalue weighted by Crippen LogP contribution is 2.25. The van der Waals surface area contributed by atoms with Crippen molar-refractivity contribution in [1.82, 2.24) is 5.32 Å². The molecule has 3 unspecified atom stereocenters. The van der Waals surface area contributed by atoms with Crippen molar-refractivity contribution >= 4 is 11.8 Å². The van der Waals surface area contributed by atoms with Crippen molar-refractivity contribution < 1.29 is 5.11 Å². The molecule has 19 heavy (non-hydrogen) atoms. The van der Waals surface area contributed by atoms with E-state index in [2.05, 4.69) is 45.1 Å². The van der Waals surface area contributed by atoms with E-state index in [1.54, 1.807) is 0 Å². The van der Waals surface area contributed by atoms with E-state index >= 15 is 0 Å². The lowest BCUT2D eigenvalue weighted by atomic mass is 10.0. The molecule has 3 heteroatoms. The first kappa shape index (κ1) is 16.5. The van der Waals surface area contributed by atoms with Crippen molar-refractivity contribution in [3.05, 3.63) is 29.8 Å². The van der Waals surface area contributed by atoms with Crippen LogP contribution in [0.3, 0.4) is 0 Å². The number of hydrogen-bond acceptors (Lipinski definition) is 3. The quantitative estimate of drug-likeness (QED) is 0.741. The maximum Gasteiger partial charge on any atom is 0.0940 e. The fourth-order valence-corrected chi connectivity index (χ4v) is 2.80. The molecule has 108 valence electrons. The fraction of sp³-hybridized carbons (Fsp3) is 0.625. The molecule has 0 saturated carbocycles. The fourth-order valence-electron chi connectivity index (χ4n) is 1.96. The average Bonchev–Trinajstić information content (AvgIpc) is 2.37. The molecule has 0 aliphatic carbocycles. The number of hydrogen-bond donors (Lipinski definition) is 2. The smallest absolute Gasteiger partial charge is 0.0940 e. The maximum atomic E-state index is 10.3. The number of rotatable bonds is 7. The Morgan fingerprint density at radius 1 is 1.11 bits per heavy atom. The predicted molar refractivity (Wildman–Crippen MR) is 84.7 cm³/mol. The Kier molecular flexibility index (Phi) is 6.90. The Balaban J connectivity index is 2.64. The second kappa shape index (κ2) is 7.93. The molecule has 1 aromatic carbocycles. The zero-order valence-corrected chi connectivity index (χ0v) is 13.5. The lowest BCUT2D eigenvalue weighted by molar-refractivity contribution is 0.130. The molecule has 1 aromatic rings. The van der Waals surface area contributed by atoms with Gasteiger partial charge in [0.05, 0.1) is 6.10 Å². The first-order valence-electron chi connectivity index (χ1n) is 7.14. The number of aliphatic hydroxyl groups excluding tert-OH is 1. The first-order valence-corrected chi connectivity index (χ1v) is 8.02. The summed E-state index contributed by atoms with van der Waals surface area (Å²) in [5, 5.41) is 14.3. The van der Waals surface area contributed by atoms with E-state index in [0.29, 0.717) is 11.3 Å². The normalized spacial score (nSPS) is 16.4. The molecule has 3 atom stereocenters. The summed E-state index contributed by atoms with van der Waals surface area (Å²) in [6, 6.07) is 8.76. The average molecular weight is 281 g/mol. The van der Waals surface area contributed by atoms with Crippen molar-refractivity contribution in [3.8, 4) is 0 Å². The van der Waals surface area contributed by atoms with Gasteiger partial charge < -0.3 is 10.4 Å². The van der Waals surface area contributed by atoms with Crippen molar-refractivity contribution in [3.63, 3.8) is 0 Å². The largest absolute Gasteiger partial charge is 0.387 e. The van der Waals surface area contributed by atoms with Crippen molar-refractivity contribution in [2.75, 3.05) is 0 Å². The van der Waals surface area contributed by atoms with Gasteiger partial charge in [0.1, 0.15) is 0 Å². The summed E-state index contributed by atoms with van der Waals surface area (Å²) in [5.74, 6) is 0. The molecular formula is C16H27NOS. The highest BCUT2D eigenvalue weighted by molar-refractivity contribution is 7.99. The highest BCUT2D eigenvalue weighted by atomic mass is 32.2. The molecule has 0 aliphatic rings. The maximum absolute atomic E-state index is 10.3. The third kappa shape index (κ3) is 5.55. The minimum absolute atomic E-state index is 0.0681. The molecule has 0 spiro atoms. The highest BCUT2D eigenvalue weighted by Gasteiger charge is 2.17. The lowest BCUT2D eigenvalue weighted by Crippen LogP contribution is -2.38. The van der Waals surface area contributed by atoms with E-state index in [1.165, 1.54) is 4.90 Å². The lowest BCUT2D eigenvalue weighted by Gasteiger charge is -2.24. The minimum atomic E-state index is -0.452. The molecule has 0 aromatic heterocycles.